The molecule has 3 rings (SSSR count). The number of hydrogen-bond acceptors (Lipinski definition) is 2. The van der Waals surface area contributed by atoms with Gasteiger partial charge in [-0.2, -0.15) is 0 Å². The molecule has 0 N–H and O–H groups in total. The van der Waals surface area contributed by atoms with E-state index >= 15 is 0 Å². The number of halogens is 2. The van der Waals surface area contributed by atoms with Crippen LogP contribution in [-0.2, 0) is 16.0 Å². The van der Waals surface area contributed by atoms with Crippen molar-refractivity contribution in [1.82, 2.24) is 0 Å². The van der Waals surface area contributed by atoms with Gasteiger partial charge in [0.2, 0.25) is 5.91 Å². The Hall–Kier alpha value is -1.13. The highest BCUT2D eigenvalue weighted by atomic mass is 35.5. The molecule has 0 bridgehead atoms. The van der Waals surface area contributed by atoms with Crippen molar-refractivity contribution in [3.8, 4) is 0 Å². The van der Waals surface area contributed by atoms with Crippen molar-refractivity contribution in [2.75, 3.05) is 24.7 Å². The molecule has 1 amide bonds. The van der Waals surface area contributed by atoms with E-state index in [9.17, 15) is 9.18 Å². The molecule has 0 radical (unpaired) electrons. The van der Waals surface area contributed by atoms with Gasteiger partial charge in [0.25, 0.3) is 0 Å². The van der Waals surface area contributed by atoms with E-state index in [2.05, 4.69) is 0 Å². The van der Waals surface area contributed by atoms with Gasteiger partial charge in [-0.25, -0.2) is 4.39 Å². The van der Waals surface area contributed by atoms with Gasteiger partial charge in [-0.15, -0.1) is 0 Å². The van der Waals surface area contributed by atoms with Crippen LogP contribution >= 0.6 is 11.6 Å². The first-order valence-corrected chi connectivity index (χ1v) is 7.42. The Bertz CT molecular complexity index is 529. The molecule has 3 nitrogen and oxygen atoms in total. The van der Waals surface area contributed by atoms with Crippen LogP contribution < -0.4 is 4.90 Å². The first-order valence-electron chi connectivity index (χ1n) is 7.04. The number of benzene rings is 1. The number of aryl methyl sites for hydroxylation is 1. The molecule has 1 aromatic carbocycles. The SMILES string of the molecule is O=C(C1CCCOC1)N1CCCc2ccc(F)c(Cl)c21. The fraction of sp³-hybridized carbons (Fsp3) is 0.533. The molecule has 0 saturated carbocycles. The van der Waals surface area contributed by atoms with Crippen molar-refractivity contribution in [2.45, 2.75) is 25.7 Å². The van der Waals surface area contributed by atoms with Gasteiger partial charge >= 0.3 is 0 Å². The standard InChI is InChI=1S/C15H17ClFNO2/c16-13-12(17)6-5-10-3-1-7-18(14(10)13)15(19)11-4-2-8-20-9-11/h5-6,11H,1-4,7-9H2. The Labute approximate surface area is 122 Å². The molecule has 20 heavy (non-hydrogen) atoms. The summed E-state index contributed by atoms with van der Waals surface area (Å²) in [6.45, 7) is 1.78. The van der Waals surface area contributed by atoms with E-state index in [0.29, 0.717) is 18.8 Å². The van der Waals surface area contributed by atoms with Gasteiger partial charge in [-0.05, 0) is 37.3 Å². The van der Waals surface area contributed by atoms with Gasteiger partial charge in [-0.3, -0.25) is 4.79 Å². The number of amides is 1. The quantitative estimate of drug-likeness (QED) is 0.797. The molecule has 1 saturated heterocycles. The molecule has 5 heteroatoms. The highest BCUT2D eigenvalue weighted by Crippen LogP contribution is 2.37. The van der Waals surface area contributed by atoms with Gasteiger partial charge in [0.15, 0.2) is 0 Å². The highest BCUT2D eigenvalue weighted by molar-refractivity contribution is 6.34. The van der Waals surface area contributed by atoms with E-state index in [1.807, 2.05) is 0 Å². The molecule has 1 fully saturated rings. The molecular formula is C15H17ClFNO2. The number of anilines is 1. The normalized spacial score (nSPS) is 22.5. The topological polar surface area (TPSA) is 29.5 Å². The van der Waals surface area contributed by atoms with E-state index in [-0.39, 0.29) is 16.8 Å². The summed E-state index contributed by atoms with van der Waals surface area (Å²) in [7, 11) is 0. The first kappa shape index (κ1) is 13.8. The van der Waals surface area contributed by atoms with Crippen LogP contribution in [-0.4, -0.2) is 25.7 Å². The summed E-state index contributed by atoms with van der Waals surface area (Å²) in [4.78, 5) is 14.3. The zero-order valence-electron chi connectivity index (χ0n) is 11.2. The van der Waals surface area contributed by atoms with Crippen molar-refractivity contribution in [3.05, 3.63) is 28.5 Å². The molecule has 2 heterocycles. The monoisotopic (exact) mass is 297 g/mol. The lowest BCUT2D eigenvalue weighted by atomic mass is 9.96. The summed E-state index contributed by atoms with van der Waals surface area (Å²) in [6.07, 6.45) is 3.44. The molecule has 1 unspecified atom stereocenters. The summed E-state index contributed by atoms with van der Waals surface area (Å²) in [5.74, 6) is -0.586. The Morgan fingerprint density at radius 2 is 2.25 bits per heavy atom. The van der Waals surface area contributed by atoms with Gasteiger partial charge in [0, 0.05) is 13.2 Å². The van der Waals surface area contributed by atoms with Crippen molar-refractivity contribution < 1.29 is 13.9 Å². The Kier molecular flexibility index (Phi) is 3.94. The average molecular weight is 298 g/mol. The largest absolute Gasteiger partial charge is 0.381 e. The minimum Gasteiger partial charge on any atom is -0.381 e. The van der Waals surface area contributed by atoms with E-state index in [0.717, 1.165) is 37.9 Å². The minimum absolute atomic E-state index is 0.0122. The first-order chi connectivity index (χ1) is 9.68. The number of fused-ring (bicyclic) bond motifs is 1. The number of carbonyl (C=O) groups is 1. The average Bonchev–Trinajstić information content (AvgIpc) is 2.50. The fourth-order valence-corrected chi connectivity index (χ4v) is 3.28. The number of rotatable bonds is 1. The number of carbonyl (C=O) groups excluding carboxylic acids is 1. The third-order valence-electron chi connectivity index (χ3n) is 4.03. The highest BCUT2D eigenvalue weighted by Gasteiger charge is 2.32. The zero-order valence-corrected chi connectivity index (χ0v) is 12.0. The van der Waals surface area contributed by atoms with Crippen molar-refractivity contribution in [3.63, 3.8) is 0 Å². The molecular weight excluding hydrogens is 281 g/mol. The van der Waals surface area contributed by atoms with Crippen molar-refractivity contribution >= 4 is 23.2 Å². The molecule has 2 aliphatic heterocycles. The lowest BCUT2D eigenvalue weighted by Gasteiger charge is -2.34. The van der Waals surface area contributed by atoms with Gasteiger partial charge in [0.1, 0.15) is 10.8 Å². The molecule has 0 spiro atoms. The van der Waals surface area contributed by atoms with Gasteiger partial charge < -0.3 is 9.64 Å². The molecule has 2 aliphatic rings. The van der Waals surface area contributed by atoms with Crippen LogP contribution in [0.5, 0.6) is 0 Å². The fourth-order valence-electron chi connectivity index (χ4n) is 2.99. The molecule has 1 aromatic rings. The summed E-state index contributed by atoms with van der Waals surface area (Å²) in [5.41, 5.74) is 1.52. The van der Waals surface area contributed by atoms with Crippen LogP contribution in [0.3, 0.4) is 0 Å². The minimum atomic E-state index is -0.468. The predicted molar refractivity (Wildman–Crippen MR) is 75.6 cm³/mol. The van der Waals surface area contributed by atoms with Gasteiger partial charge in [0.05, 0.1) is 18.2 Å². The zero-order chi connectivity index (χ0) is 14.1. The van der Waals surface area contributed by atoms with Crippen LogP contribution in [0.15, 0.2) is 12.1 Å². The third-order valence-corrected chi connectivity index (χ3v) is 4.39. The van der Waals surface area contributed by atoms with E-state index in [1.165, 1.54) is 6.07 Å². The van der Waals surface area contributed by atoms with Crippen molar-refractivity contribution in [2.24, 2.45) is 5.92 Å². The maximum absolute atomic E-state index is 13.7. The molecule has 0 aromatic heterocycles. The van der Waals surface area contributed by atoms with Crippen LogP contribution in [0.25, 0.3) is 0 Å². The Morgan fingerprint density at radius 3 is 3.00 bits per heavy atom. The predicted octanol–water partition coefficient (Wildman–Crippen LogP) is 3.18. The summed E-state index contributed by atoms with van der Waals surface area (Å²) < 4.78 is 19.1. The van der Waals surface area contributed by atoms with Crippen LogP contribution in [0.1, 0.15) is 24.8 Å². The maximum atomic E-state index is 13.7. The lowest BCUT2D eigenvalue weighted by molar-refractivity contribution is -0.126. The molecule has 108 valence electrons. The second kappa shape index (κ2) is 5.70. The molecule has 0 aliphatic carbocycles. The maximum Gasteiger partial charge on any atom is 0.232 e. The second-order valence-electron chi connectivity index (χ2n) is 5.38. The smallest absolute Gasteiger partial charge is 0.232 e. The van der Waals surface area contributed by atoms with E-state index < -0.39 is 5.82 Å². The number of hydrogen-bond donors (Lipinski definition) is 0. The second-order valence-corrected chi connectivity index (χ2v) is 5.75. The lowest BCUT2D eigenvalue weighted by Crippen LogP contribution is -2.42. The number of ether oxygens (including phenoxy) is 1. The number of nitrogens with zero attached hydrogens (tertiary/aromatic N) is 1. The Morgan fingerprint density at radius 1 is 1.40 bits per heavy atom. The van der Waals surface area contributed by atoms with E-state index in [4.69, 9.17) is 16.3 Å². The Balaban J connectivity index is 1.92. The van der Waals surface area contributed by atoms with Crippen LogP contribution in [0.4, 0.5) is 10.1 Å². The van der Waals surface area contributed by atoms with E-state index in [1.54, 1.807) is 11.0 Å². The summed E-state index contributed by atoms with van der Waals surface area (Å²) in [6, 6.07) is 3.10. The van der Waals surface area contributed by atoms with Crippen LogP contribution in [0.2, 0.25) is 5.02 Å². The van der Waals surface area contributed by atoms with Crippen molar-refractivity contribution in [1.29, 1.82) is 0 Å². The van der Waals surface area contributed by atoms with Gasteiger partial charge in [-0.1, -0.05) is 17.7 Å². The summed E-state index contributed by atoms with van der Waals surface area (Å²) in [5, 5.41) is 0.0623. The van der Waals surface area contributed by atoms with Crippen LogP contribution in [0, 0.1) is 11.7 Å². The third kappa shape index (κ3) is 2.42. The molecule has 1 atom stereocenters. The summed E-state index contributed by atoms with van der Waals surface area (Å²) >= 11 is 6.09.